The lowest BCUT2D eigenvalue weighted by atomic mass is 9.81. The Balaban J connectivity index is 1.01. The van der Waals surface area contributed by atoms with Crippen molar-refractivity contribution >= 4 is 17.1 Å². The van der Waals surface area contributed by atoms with Gasteiger partial charge >= 0.3 is 0 Å². The fourth-order valence-corrected chi connectivity index (χ4v) is 11.8. The molecule has 0 aliphatic heterocycles. The highest BCUT2D eigenvalue weighted by Crippen LogP contribution is 2.54. The van der Waals surface area contributed by atoms with E-state index in [-0.39, 0.29) is 5.41 Å². The summed E-state index contributed by atoms with van der Waals surface area (Å²) in [6.45, 7) is 4.86. The summed E-state index contributed by atoms with van der Waals surface area (Å²) in [4.78, 5) is 2.55. The van der Waals surface area contributed by atoms with Gasteiger partial charge in [-0.2, -0.15) is 0 Å². The first kappa shape index (κ1) is 33.5. The van der Waals surface area contributed by atoms with E-state index in [4.69, 9.17) is 0 Å². The number of benzene rings is 5. The van der Waals surface area contributed by atoms with Crippen LogP contribution in [0.25, 0.3) is 22.3 Å². The topological polar surface area (TPSA) is 3.24 Å². The highest BCUT2D eigenvalue weighted by molar-refractivity contribution is 5.88. The molecule has 0 amide bonds. The van der Waals surface area contributed by atoms with E-state index in [0.29, 0.717) is 5.92 Å². The van der Waals surface area contributed by atoms with Crippen LogP contribution in [-0.4, -0.2) is 0 Å². The SMILES string of the molecule is CC1(C)c2ccc(-c3ccc(C4CCCCC4)cc3)cc2-c2ccc(N(c3ccc(C4CC5CCC4C5)cc3)c3cccc(C4CCCCC4)c3)cc21. The lowest BCUT2D eigenvalue weighted by Gasteiger charge is -2.30. The van der Waals surface area contributed by atoms with E-state index in [1.54, 1.807) is 5.56 Å². The molecule has 0 saturated heterocycles. The number of hydrogen-bond acceptors (Lipinski definition) is 1. The Morgan fingerprint density at radius 2 is 1.13 bits per heavy atom. The molecule has 2 bridgehead atoms. The molecule has 0 N–H and O–H groups in total. The zero-order chi connectivity index (χ0) is 35.5. The minimum atomic E-state index is -0.0781. The van der Waals surface area contributed by atoms with Crippen molar-refractivity contribution in [1.29, 1.82) is 0 Å². The number of hydrogen-bond donors (Lipinski definition) is 0. The third kappa shape index (κ3) is 6.07. The van der Waals surface area contributed by atoms with Gasteiger partial charge in [-0.3, -0.25) is 0 Å². The van der Waals surface area contributed by atoms with Crippen molar-refractivity contribution in [1.82, 2.24) is 0 Å². The van der Waals surface area contributed by atoms with Gasteiger partial charge in [-0.15, -0.1) is 0 Å². The number of fused-ring (bicyclic) bond motifs is 5. The minimum absolute atomic E-state index is 0.0781. The summed E-state index contributed by atoms with van der Waals surface area (Å²) in [7, 11) is 0. The summed E-state index contributed by atoms with van der Waals surface area (Å²) >= 11 is 0. The summed E-state index contributed by atoms with van der Waals surface area (Å²) < 4.78 is 0. The smallest absolute Gasteiger partial charge is 0.0465 e. The molecule has 0 aromatic heterocycles. The van der Waals surface area contributed by atoms with Crippen molar-refractivity contribution in [3.8, 4) is 22.3 Å². The molecule has 1 heteroatoms. The summed E-state index contributed by atoms with van der Waals surface area (Å²) in [6.07, 6.45) is 19.3. The van der Waals surface area contributed by atoms with Crippen LogP contribution in [0.2, 0.25) is 0 Å². The molecule has 10 rings (SSSR count). The molecule has 5 aromatic carbocycles. The lowest BCUT2D eigenvalue weighted by molar-refractivity contribution is 0.420. The molecule has 3 unspecified atom stereocenters. The highest BCUT2D eigenvalue weighted by atomic mass is 15.1. The maximum atomic E-state index is 2.55. The first-order chi connectivity index (χ1) is 26.0. The average Bonchev–Trinajstić information content (AvgIpc) is 3.92. The van der Waals surface area contributed by atoms with E-state index in [2.05, 4.69) is 128 Å². The van der Waals surface area contributed by atoms with Crippen molar-refractivity contribution in [3.05, 3.63) is 137 Å². The third-order valence-corrected chi connectivity index (χ3v) is 14.8. The Labute approximate surface area is 318 Å². The standard InChI is InChI=1S/C52H57N/c1-52(2)50-29-24-42(39-20-18-38(19-21-39)36-10-5-3-6-11-36)33-49(50)47-28-27-46(34-51(47)52)53(45-15-9-14-41(32-45)37-12-7-4-8-13-37)44-25-22-40(23-26-44)48-31-35-16-17-43(48)30-35/h9,14-15,18-29,32-37,43,48H,3-8,10-13,16-17,30-31H2,1-2H3. The van der Waals surface area contributed by atoms with E-state index < -0.39 is 0 Å². The van der Waals surface area contributed by atoms with Crippen molar-refractivity contribution in [2.45, 2.75) is 127 Å². The van der Waals surface area contributed by atoms with Crippen LogP contribution >= 0.6 is 0 Å². The minimum Gasteiger partial charge on any atom is -0.310 e. The summed E-state index contributed by atoms with van der Waals surface area (Å²) in [5.41, 5.74) is 16.6. The molecule has 0 heterocycles. The Bertz CT molecular complexity index is 2090. The molecule has 53 heavy (non-hydrogen) atoms. The number of rotatable bonds is 7. The normalized spacial score (nSPS) is 23.5. The van der Waals surface area contributed by atoms with Gasteiger partial charge in [0, 0.05) is 22.5 Å². The van der Waals surface area contributed by atoms with Gasteiger partial charge in [0.15, 0.2) is 0 Å². The van der Waals surface area contributed by atoms with Gasteiger partial charge in [-0.1, -0.05) is 126 Å². The maximum Gasteiger partial charge on any atom is 0.0465 e. The number of nitrogens with zero attached hydrogens (tertiary/aromatic N) is 1. The maximum absolute atomic E-state index is 2.55. The fourth-order valence-electron chi connectivity index (χ4n) is 11.8. The fraction of sp³-hybridized carbons (Fsp3) is 0.423. The zero-order valence-electron chi connectivity index (χ0n) is 32.1. The lowest BCUT2D eigenvalue weighted by Crippen LogP contribution is -2.17. The molecular formula is C52H57N. The van der Waals surface area contributed by atoms with Gasteiger partial charge in [0.25, 0.3) is 0 Å². The van der Waals surface area contributed by atoms with E-state index in [1.165, 1.54) is 151 Å². The van der Waals surface area contributed by atoms with Crippen LogP contribution in [0.5, 0.6) is 0 Å². The van der Waals surface area contributed by atoms with Gasteiger partial charge < -0.3 is 4.90 Å². The van der Waals surface area contributed by atoms with Gasteiger partial charge in [0.05, 0.1) is 0 Å². The molecule has 4 saturated carbocycles. The molecule has 270 valence electrons. The summed E-state index contributed by atoms with van der Waals surface area (Å²) in [6, 6.07) is 43.5. The molecular weight excluding hydrogens is 639 g/mol. The number of anilines is 3. The second-order valence-electron chi connectivity index (χ2n) is 18.2. The Kier molecular flexibility index (Phi) is 8.61. The molecule has 4 fully saturated rings. The van der Waals surface area contributed by atoms with Crippen LogP contribution in [-0.2, 0) is 5.41 Å². The third-order valence-electron chi connectivity index (χ3n) is 14.8. The van der Waals surface area contributed by atoms with Crippen molar-refractivity contribution in [2.24, 2.45) is 11.8 Å². The van der Waals surface area contributed by atoms with E-state index >= 15 is 0 Å². The summed E-state index contributed by atoms with van der Waals surface area (Å²) in [5.74, 6) is 4.04. The van der Waals surface area contributed by atoms with Crippen molar-refractivity contribution < 1.29 is 0 Å². The van der Waals surface area contributed by atoms with Gasteiger partial charge in [0.2, 0.25) is 0 Å². The molecule has 5 aliphatic carbocycles. The van der Waals surface area contributed by atoms with E-state index in [0.717, 1.165) is 23.7 Å². The Morgan fingerprint density at radius 3 is 1.83 bits per heavy atom. The predicted octanol–water partition coefficient (Wildman–Crippen LogP) is 15.1. The Hall–Kier alpha value is -4.10. The molecule has 5 aromatic rings. The van der Waals surface area contributed by atoms with Crippen LogP contribution in [0.4, 0.5) is 17.1 Å². The zero-order valence-corrected chi connectivity index (χ0v) is 32.1. The van der Waals surface area contributed by atoms with Gasteiger partial charge in [-0.05, 0) is 167 Å². The van der Waals surface area contributed by atoms with Crippen LogP contribution < -0.4 is 4.90 Å². The van der Waals surface area contributed by atoms with Gasteiger partial charge in [-0.25, -0.2) is 0 Å². The summed E-state index contributed by atoms with van der Waals surface area (Å²) in [5, 5.41) is 0. The second-order valence-corrected chi connectivity index (χ2v) is 18.2. The van der Waals surface area contributed by atoms with Crippen molar-refractivity contribution in [2.75, 3.05) is 4.90 Å². The molecule has 0 radical (unpaired) electrons. The molecule has 3 atom stereocenters. The largest absolute Gasteiger partial charge is 0.310 e. The quantitative estimate of drug-likeness (QED) is 0.164. The second kappa shape index (κ2) is 13.6. The van der Waals surface area contributed by atoms with E-state index in [1.807, 2.05) is 0 Å². The van der Waals surface area contributed by atoms with E-state index in [9.17, 15) is 0 Å². The first-order valence-electron chi connectivity index (χ1n) is 21.4. The predicted molar refractivity (Wildman–Crippen MR) is 224 cm³/mol. The molecule has 0 spiro atoms. The van der Waals surface area contributed by atoms with Crippen LogP contribution in [0.1, 0.15) is 149 Å². The first-order valence-corrected chi connectivity index (χ1v) is 21.4. The Morgan fingerprint density at radius 1 is 0.472 bits per heavy atom. The van der Waals surface area contributed by atoms with Crippen LogP contribution in [0.3, 0.4) is 0 Å². The monoisotopic (exact) mass is 695 g/mol. The highest BCUT2D eigenvalue weighted by Gasteiger charge is 2.40. The average molecular weight is 696 g/mol. The molecule has 5 aliphatic rings. The molecule has 1 nitrogen and oxygen atoms in total. The van der Waals surface area contributed by atoms with Crippen molar-refractivity contribution in [3.63, 3.8) is 0 Å². The van der Waals surface area contributed by atoms with Crippen LogP contribution in [0, 0.1) is 11.8 Å². The van der Waals surface area contributed by atoms with Gasteiger partial charge in [0.1, 0.15) is 0 Å². The van der Waals surface area contributed by atoms with Crippen LogP contribution in [0.15, 0.2) is 109 Å².